The molecule has 1 nitrogen and oxygen atoms in total. The molecule has 0 bridgehead atoms. The molecule has 0 amide bonds. The van der Waals surface area contributed by atoms with Gasteiger partial charge in [0.2, 0.25) is 5.69 Å². The number of pyridine rings is 1. The number of hydrogen-bond donors (Lipinski definition) is 0. The van der Waals surface area contributed by atoms with Crippen molar-refractivity contribution in [2.24, 2.45) is 7.05 Å². The van der Waals surface area contributed by atoms with Crippen LogP contribution in [0.5, 0.6) is 0 Å². The van der Waals surface area contributed by atoms with Crippen molar-refractivity contribution in [2.75, 3.05) is 0 Å². The highest BCUT2D eigenvalue weighted by atomic mass is 19.4. The lowest BCUT2D eigenvalue weighted by molar-refractivity contribution is -0.660. The monoisotopic (exact) mass is 342 g/mol. The molecule has 0 unspecified atom stereocenters. The SMILES string of the molecule is [2H]C([2H])([2H])c1c[n+](C)c(-c2cc(C([2H])([2H])[2H])c(C(F)(F)F)cc2C)cc1C(C)(C)C. The summed E-state index contributed by atoms with van der Waals surface area (Å²) in [5.41, 5.74) is -0.891. The first-order valence-corrected chi connectivity index (χ1v) is 7.52. The largest absolute Gasteiger partial charge is 0.416 e. The maximum Gasteiger partial charge on any atom is 0.416 e. The van der Waals surface area contributed by atoms with E-state index in [0.717, 1.165) is 12.1 Å². The van der Waals surface area contributed by atoms with Crippen LogP contribution in [0, 0.1) is 20.6 Å². The van der Waals surface area contributed by atoms with Crippen LogP contribution in [0.15, 0.2) is 24.4 Å². The van der Waals surface area contributed by atoms with Crippen molar-refractivity contribution in [1.82, 2.24) is 0 Å². The average molecular weight is 342 g/mol. The van der Waals surface area contributed by atoms with Gasteiger partial charge in [0.1, 0.15) is 7.05 Å². The predicted molar refractivity (Wildman–Crippen MR) is 91.0 cm³/mol. The molecular formula is C20H25F3N+. The Labute approximate surface area is 150 Å². The van der Waals surface area contributed by atoms with E-state index in [1.54, 1.807) is 13.1 Å². The van der Waals surface area contributed by atoms with E-state index in [1.165, 1.54) is 17.7 Å². The Morgan fingerprint density at radius 2 is 1.54 bits per heavy atom. The summed E-state index contributed by atoms with van der Waals surface area (Å²) in [7, 11) is 1.59. The summed E-state index contributed by atoms with van der Waals surface area (Å²) in [6.07, 6.45) is -3.37. The number of aromatic nitrogens is 1. The summed E-state index contributed by atoms with van der Waals surface area (Å²) in [6.45, 7) is 1.66. The zero-order valence-corrected chi connectivity index (χ0v) is 14.4. The zero-order chi connectivity index (χ0) is 23.4. The van der Waals surface area contributed by atoms with E-state index in [4.69, 9.17) is 8.22 Å². The van der Waals surface area contributed by atoms with E-state index >= 15 is 0 Å². The molecule has 4 heteroatoms. The molecule has 0 aliphatic rings. The van der Waals surface area contributed by atoms with Crippen molar-refractivity contribution in [3.8, 4) is 11.3 Å². The third-order valence-corrected chi connectivity index (χ3v) is 4.03. The first-order chi connectivity index (χ1) is 13.2. The number of halogens is 3. The first-order valence-electron chi connectivity index (χ1n) is 10.5. The van der Waals surface area contributed by atoms with Gasteiger partial charge in [0.05, 0.1) is 5.56 Å². The van der Waals surface area contributed by atoms with Crippen LogP contribution in [0.3, 0.4) is 0 Å². The van der Waals surface area contributed by atoms with Gasteiger partial charge in [-0.15, -0.1) is 0 Å². The molecular weight excluding hydrogens is 311 g/mol. The van der Waals surface area contributed by atoms with Crippen molar-refractivity contribution >= 4 is 0 Å². The van der Waals surface area contributed by atoms with E-state index in [-0.39, 0.29) is 11.1 Å². The minimum atomic E-state index is -4.81. The molecule has 0 radical (unpaired) electrons. The van der Waals surface area contributed by atoms with Gasteiger partial charge >= 0.3 is 6.18 Å². The number of benzene rings is 1. The highest BCUT2D eigenvalue weighted by Gasteiger charge is 2.33. The Kier molecular flexibility index (Phi) is 2.87. The lowest BCUT2D eigenvalue weighted by Crippen LogP contribution is -2.33. The van der Waals surface area contributed by atoms with Gasteiger partial charge in [-0.25, -0.2) is 4.57 Å². The van der Waals surface area contributed by atoms with Crippen molar-refractivity contribution in [2.45, 2.75) is 53.0 Å². The Balaban J connectivity index is 2.91. The molecule has 24 heavy (non-hydrogen) atoms. The summed E-state index contributed by atoms with van der Waals surface area (Å²) in [4.78, 5) is 0. The van der Waals surface area contributed by atoms with Crippen LogP contribution >= 0.6 is 0 Å². The molecule has 0 saturated heterocycles. The highest BCUT2D eigenvalue weighted by Crippen LogP contribution is 2.36. The normalized spacial score (nSPS) is 17.3. The van der Waals surface area contributed by atoms with Crippen LogP contribution in [0.2, 0.25) is 0 Å². The average Bonchev–Trinajstić information content (AvgIpc) is 2.50. The quantitative estimate of drug-likeness (QED) is 0.609. The third kappa shape index (κ3) is 3.47. The summed E-state index contributed by atoms with van der Waals surface area (Å²) in [6, 6.07) is 3.51. The molecule has 0 fully saturated rings. The number of hydrogen-bond acceptors (Lipinski definition) is 0. The van der Waals surface area contributed by atoms with E-state index in [0.29, 0.717) is 16.8 Å². The Morgan fingerprint density at radius 3 is 2.04 bits per heavy atom. The lowest BCUT2D eigenvalue weighted by atomic mass is 9.83. The standard InChI is InChI=1S/C20H25F3N/c1-12-9-17(20(21,22)23)13(2)8-15(12)18-10-16(19(4,5)6)14(3)11-24(18)7/h8-11H,1-7H3/q+1/i2D3,3D3. The van der Waals surface area contributed by atoms with E-state index in [1.807, 2.05) is 20.8 Å². The van der Waals surface area contributed by atoms with Crippen LogP contribution in [0.1, 0.15) is 56.8 Å². The molecule has 0 saturated carbocycles. The summed E-state index contributed by atoms with van der Waals surface area (Å²) >= 11 is 0. The molecule has 2 aromatic rings. The molecule has 0 spiro atoms. The lowest BCUT2D eigenvalue weighted by Gasteiger charge is -2.22. The molecule has 0 atom stereocenters. The third-order valence-electron chi connectivity index (χ3n) is 4.03. The molecule has 1 aromatic carbocycles. The Morgan fingerprint density at radius 1 is 0.917 bits per heavy atom. The summed E-state index contributed by atoms with van der Waals surface area (Å²) in [5.74, 6) is 0. The van der Waals surface area contributed by atoms with Crippen molar-refractivity contribution in [3.05, 3.63) is 52.2 Å². The number of nitrogens with zero attached hydrogens (tertiary/aromatic N) is 1. The van der Waals surface area contributed by atoms with Crippen molar-refractivity contribution in [3.63, 3.8) is 0 Å². The van der Waals surface area contributed by atoms with Gasteiger partial charge in [-0.05, 0) is 54.9 Å². The second-order valence-electron chi connectivity index (χ2n) is 7.06. The molecule has 130 valence electrons. The Hall–Kier alpha value is -1.84. The highest BCUT2D eigenvalue weighted by molar-refractivity contribution is 5.64. The van der Waals surface area contributed by atoms with Crippen LogP contribution < -0.4 is 4.57 Å². The topological polar surface area (TPSA) is 3.88 Å². The minimum Gasteiger partial charge on any atom is -0.201 e. The van der Waals surface area contributed by atoms with Crippen molar-refractivity contribution < 1.29 is 26.0 Å². The smallest absolute Gasteiger partial charge is 0.201 e. The van der Waals surface area contributed by atoms with E-state index < -0.39 is 36.4 Å². The number of rotatable bonds is 1. The van der Waals surface area contributed by atoms with Crippen LogP contribution in [-0.4, -0.2) is 0 Å². The van der Waals surface area contributed by atoms with E-state index in [2.05, 4.69) is 0 Å². The molecule has 0 N–H and O–H groups in total. The fourth-order valence-electron chi connectivity index (χ4n) is 2.76. The van der Waals surface area contributed by atoms with Crippen LogP contribution in [-0.2, 0) is 18.6 Å². The fourth-order valence-corrected chi connectivity index (χ4v) is 2.76. The first kappa shape index (κ1) is 11.7. The summed E-state index contributed by atoms with van der Waals surface area (Å²) < 4.78 is 88.2. The van der Waals surface area contributed by atoms with Gasteiger partial charge in [-0.3, -0.25) is 0 Å². The molecule has 1 heterocycles. The minimum absolute atomic E-state index is 0.141. The number of alkyl halides is 3. The maximum absolute atomic E-state index is 13.5. The fraction of sp³-hybridized carbons (Fsp3) is 0.450. The molecule has 2 rings (SSSR count). The van der Waals surface area contributed by atoms with Gasteiger partial charge in [-0.1, -0.05) is 20.8 Å². The Bertz CT molecular complexity index is 887. The molecule has 1 aromatic heterocycles. The molecule has 0 aliphatic carbocycles. The van der Waals surface area contributed by atoms with Crippen LogP contribution in [0.25, 0.3) is 11.3 Å². The van der Waals surface area contributed by atoms with Gasteiger partial charge < -0.3 is 0 Å². The van der Waals surface area contributed by atoms with Gasteiger partial charge in [-0.2, -0.15) is 13.2 Å². The second-order valence-corrected chi connectivity index (χ2v) is 7.06. The maximum atomic E-state index is 13.5. The van der Waals surface area contributed by atoms with Gasteiger partial charge in [0.25, 0.3) is 0 Å². The van der Waals surface area contributed by atoms with Crippen molar-refractivity contribution in [1.29, 1.82) is 0 Å². The summed E-state index contributed by atoms with van der Waals surface area (Å²) in [5, 5.41) is 0. The predicted octanol–water partition coefficient (Wildman–Crippen LogP) is 5.42. The van der Waals surface area contributed by atoms with E-state index in [9.17, 15) is 13.2 Å². The zero-order valence-electron chi connectivity index (χ0n) is 20.4. The number of aryl methyl sites for hydroxylation is 4. The molecule has 0 aliphatic heterocycles. The second kappa shape index (κ2) is 5.91. The van der Waals surface area contributed by atoms with Gasteiger partial charge in [0.15, 0.2) is 6.20 Å². The van der Waals surface area contributed by atoms with Crippen LogP contribution in [0.4, 0.5) is 13.2 Å². The van der Waals surface area contributed by atoms with Gasteiger partial charge in [0, 0.05) is 25.4 Å².